The van der Waals surface area contributed by atoms with Crippen molar-refractivity contribution in [2.75, 3.05) is 18.5 Å². The minimum atomic E-state index is -0.960. The summed E-state index contributed by atoms with van der Waals surface area (Å²) in [5, 5.41) is 8.78. The van der Waals surface area contributed by atoms with Gasteiger partial charge < -0.3 is 15.7 Å². The van der Waals surface area contributed by atoms with E-state index >= 15 is 0 Å². The molecule has 4 nitrogen and oxygen atoms in total. The van der Waals surface area contributed by atoms with Gasteiger partial charge in [0, 0.05) is 19.3 Å². The van der Waals surface area contributed by atoms with E-state index in [1.165, 1.54) is 17.5 Å². The van der Waals surface area contributed by atoms with E-state index in [9.17, 15) is 4.79 Å². The molecule has 1 aromatic carbocycles. The molecule has 1 aliphatic rings. The zero-order valence-corrected chi connectivity index (χ0v) is 10.0. The predicted molar refractivity (Wildman–Crippen MR) is 67.3 cm³/mol. The molecule has 3 N–H and O–H groups in total. The molecule has 0 amide bonds. The molecule has 0 bridgehead atoms. The number of likely N-dealkylation sites (N-methyl/N-ethyl adjacent to an activating group) is 1. The number of fused-ring (bicyclic) bond motifs is 1. The van der Waals surface area contributed by atoms with E-state index < -0.39 is 12.0 Å². The first-order valence-corrected chi connectivity index (χ1v) is 5.89. The summed E-state index contributed by atoms with van der Waals surface area (Å²) < 4.78 is 0. The highest BCUT2D eigenvalue weighted by molar-refractivity contribution is 5.74. The van der Waals surface area contributed by atoms with E-state index in [-0.39, 0.29) is 0 Å². The summed E-state index contributed by atoms with van der Waals surface area (Å²) in [6, 6.07) is 5.49. The molecule has 4 heteroatoms. The summed E-state index contributed by atoms with van der Waals surface area (Å²) in [5.74, 6) is -0.960. The Kier molecular flexibility index (Phi) is 3.33. The third kappa shape index (κ3) is 2.58. The lowest BCUT2D eigenvalue weighted by Crippen LogP contribution is -2.41. The average Bonchev–Trinajstić information content (AvgIpc) is 2.75. The molecule has 1 unspecified atom stereocenters. The van der Waals surface area contributed by atoms with E-state index in [1.807, 2.05) is 18.0 Å². The van der Waals surface area contributed by atoms with E-state index in [2.05, 4.69) is 12.1 Å². The van der Waals surface area contributed by atoms with Crippen LogP contribution in [-0.2, 0) is 17.6 Å². The van der Waals surface area contributed by atoms with Crippen LogP contribution in [0.4, 0.5) is 5.69 Å². The summed E-state index contributed by atoms with van der Waals surface area (Å²) in [5.41, 5.74) is 9.38. The molecule has 0 saturated heterocycles. The third-order valence-corrected chi connectivity index (χ3v) is 3.31. The monoisotopic (exact) mass is 234 g/mol. The van der Waals surface area contributed by atoms with Gasteiger partial charge in [-0.2, -0.15) is 0 Å². The molecule has 1 aromatic rings. The second-order valence-electron chi connectivity index (χ2n) is 4.63. The first-order valence-electron chi connectivity index (χ1n) is 5.89. The van der Waals surface area contributed by atoms with Crippen molar-refractivity contribution in [2.24, 2.45) is 5.73 Å². The van der Waals surface area contributed by atoms with Crippen LogP contribution >= 0.6 is 0 Å². The number of carboxylic acids is 1. The first kappa shape index (κ1) is 11.9. The highest BCUT2D eigenvalue weighted by Crippen LogP contribution is 2.26. The van der Waals surface area contributed by atoms with Crippen molar-refractivity contribution >= 4 is 11.7 Å². The van der Waals surface area contributed by atoms with Gasteiger partial charge in [-0.3, -0.25) is 4.79 Å². The van der Waals surface area contributed by atoms with Gasteiger partial charge in [0.2, 0.25) is 0 Å². The van der Waals surface area contributed by atoms with Crippen LogP contribution in [0.2, 0.25) is 0 Å². The first-order chi connectivity index (χ1) is 8.08. The Morgan fingerprint density at radius 1 is 1.47 bits per heavy atom. The second-order valence-corrected chi connectivity index (χ2v) is 4.63. The summed E-state index contributed by atoms with van der Waals surface area (Å²) in [6.07, 6.45) is 3.51. The van der Waals surface area contributed by atoms with Crippen molar-refractivity contribution in [2.45, 2.75) is 25.3 Å². The molecule has 0 aliphatic heterocycles. The molecule has 0 saturated carbocycles. The standard InChI is InChI=1S/C13H18N2O2/c1-15(8-12(14)13(16)17)11-6-5-9-3-2-4-10(9)7-11/h5-7,12H,2-4,8,14H2,1H3,(H,16,17). The van der Waals surface area contributed by atoms with Gasteiger partial charge in [0.05, 0.1) is 0 Å². The Morgan fingerprint density at radius 3 is 2.88 bits per heavy atom. The van der Waals surface area contributed by atoms with Crippen LogP contribution in [0.1, 0.15) is 17.5 Å². The minimum absolute atomic E-state index is 0.328. The van der Waals surface area contributed by atoms with Crippen molar-refractivity contribution in [1.29, 1.82) is 0 Å². The summed E-state index contributed by atoms with van der Waals surface area (Å²) in [7, 11) is 1.87. The largest absolute Gasteiger partial charge is 0.480 e. The number of anilines is 1. The maximum absolute atomic E-state index is 10.7. The summed E-state index contributed by atoms with van der Waals surface area (Å²) >= 11 is 0. The van der Waals surface area contributed by atoms with Crippen molar-refractivity contribution in [3.63, 3.8) is 0 Å². The fourth-order valence-corrected chi connectivity index (χ4v) is 2.27. The number of aliphatic carboxylic acids is 1. The van der Waals surface area contributed by atoms with Crippen molar-refractivity contribution in [1.82, 2.24) is 0 Å². The maximum atomic E-state index is 10.7. The van der Waals surface area contributed by atoms with Crippen molar-refractivity contribution < 1.29 is 9.90 Å². The number of nitrogens with two attached hydrogens (primary N) is 1. The molecule has 0 heterocycles. The van der Waals surface area contributed by atoms with E-state index in [1.54, 1.807) is 0 Å². The van der Waals surface area contributed by atoms with Crippen LogP contribution in [0.25, 0.3) is 0 Å². The lowest BCUT2D eigenvalue weighted by Gasteiger charge is -2.22. The third-order valence-electron chi connectivity index (χ3n) is 3.31. The normalized spacial score (nSPS) is 15.4. The number of carbonyl (C=O) groups is 1. The van der Waals surface area contributed by atoms with Gasteiger partial charge in [0.1, 0.15) is 6.04 Å². The quantitative estimate of drug-likeness (QED) is 0.816. The number of carboxylic acid groups (broad SMARTS) is 1. The van der Waals surface area contributed by atoms with Gasteiger partial charge in [-0.15, -0.1) is 0 Å². The van der Waals surface area contributed by atoms with Crippen LogP contribution in [0.5, 0.6) is 0 Å². The molecule has 92 valence electrons. The highest BCUT2D eigenvalue weighted by atomic mass is 16.4. The fourth-order valence-electron chi connectivity index (χ4n) is 2.27. The van der Waals surface area contributed by atoms with E-state index in [4.69, 9.17) is 10.8 Å². The zero-order chi connectivity index (χ0) is 12.4. The lowest BCUT2D eigenvalue weighted by molar-refractivity contribution is -0.138. The van der Waals surface area contributed by atoms with Gasteiger partial charge in [0.15, 0.2) is 0 Å². The Hall–Kier alpha value is -1.55. The molecule has 2 rings (SSSR count). The van der Waals surface area contributed by atoms with Crippen LogP contribution in [0.15, 0.2) is 18.2 Å². The molecule has 0 aromatic heterocycles. The van der Waals surface area contributed by atoms with Crippen LogP contribution in [0.3, 0.4) is 0 Å². The molecule has 1 aliphatic carbocycles. The maximum Gasteiger partial charge on any atom is 0.322 e. The SMILES string of the molecule is CN(CC(N)C(=O)O)c1ccc2c(c1)CCC2. The van der Waals surface area contributed by atoms with E-state index in [0.717, 1.165) is 18.5 Å². The molecule has 0 radical (unpaired) electrons. The number of aryl methyl sites for hydroxylation is 2. The molecule has 1 atom stereocenters. The molecule has 17 heavy (non-hydrogen) atoms. The summed E-state index contributed by atoms with van der Waals surface area (Å²) in [6.45, 7) is 0.328. The van der Waals surface area contributed by atoms with Crippen LogP contribution < -0.4 is 10.6 Å². The number of rotatable bonds is 4. The number of nitrogens with zero attached hydrogens (tertiary/aromatic N) is 1. The Morgan fingerprint density at radius 2 is 2.18 bits per heavy atom. The molecular formula is C13H18N2O2. The van der Waals surface area contributed by atoms with Crippen molar-refractivity contribution in [3.8, 4) is 0 Å². The molecule has 0 spiro atoms. The van der Waals surface area contributed by atoms with Crippen molar-refractivity contribution in [3.05, 3.63) is 29.3 Å². The zero-order valence-electron chi connectivity index (χ0n) is 10.0. The number of hydrogen-bond donors (Lipinski definition) is 2. The average molecular weight is 234 g/mol. The second kappa shape index (κ2) is 4.75. The van der Waals surface area contributed by atoms with Crippen LogP contribution in [-0.4, -0.2) is 30.7 Å². The Bertz CT molecular complexity index is 431. The highest BCUT2D eigenvalue weighted by Gasteiger charge is 2.16. The van der Waals surface area contributed by atoms with E-state index in [0.29, 0.717) is 6.54 Å². The Labute approximate surface area is 101 Å². The van der Waals surface area contributed by atoms with Gasteiger partial charge in [0.25, 0.3) is 0 Å². The number of benzene rings is 1. The summed E-state index contributed by atoms with van der Waals surface area (Å²) in [4.78, 5) is 12.6. The lowest BCUT2D eigenvalue weighted by atomic mass is 10.1. The minimum Gasteiger partial charge on any atom is -0.480 e. The van der Waals surface area contributed by atoms with Crippen LogP contribution in [0, 0.1) is 0 Å². The smallest absolute Gasteiger partial charge is 0.322 e. The molecular weight excluding hydrogens is 216 g/mol. The van der Waals surface area contributed by atoms with Gasteiger partial charge in [-0.25, -0.2) is 0 Å². The fraction of sp³-hybridized carbons (Fsp3) is 0.462. The van der Waals surface area contributed by atoms with Gasteiger partial charge in [-0.1, -0.05) is 6.07 Å². The molecule has 0 fully saturated rings. The topological polar surface area (TPSA) is 66.6 Å². The predicted octanol–water partition coefficient (Wildman–Crippen LogP) is 1.02. The van der Waals surface area contributed by atoms with Gasteiger partial charge >= 0.3 is 5.97 Å². The number of hydrogen-bond acceptors (Lipinski definition) is 3. The Balaban J connectivity index is 2.09. The van der Waals surface area contributed by atoms with Gasteiger partial charge in [-0.05, 0) is 42.5 Å².